The van der Waals surface area contributed by atoms with Gasteiger partial charge in [0.25, 0.3) is 5.91 Å². The highest BCUT2D eigenvalue weighted by Gasteiger charge is 2.37. The number of rotatable bonds is 6. The van der Waals surface area contributed by atoms with Crippen LogP contribution in [0.25, 0.3) is 5.65 Å². The Morgan fingerprint density at radius 3 is 2.96 bits per heavy atom. The summed E-state index contributed by atoms with van der Waals surface area (Å²) in [6, 6.07) is 5.15. The van der Waals surface area contributed by atoms with Crippen molar-refractivity contribution in [3.8, 4) is 5.88 Å². The van der Waals surface area contributed by atoms with Gasteiger partial charge in [-0.15, -0.1) is 0 Å². The van der Waals surface area contributed by atoms with E-state index in [1.807, 2.05) is 6.07 Å². The second-order valence-electron chi connectivity index (χ2n) is 6.14. The number of nitrogens with zero attached hydrogens (tertiary/aromatic N) is 4. The quantitative estimate of drug-likeness (QED) is 0.502. The van der Waals surface area contributed by atoms with Crippen molar-refractivity contribution in [2.75, 3.05) is 24.8 Å². The maximum atomic E-state index is 12.5. The second-order valence-corrected chi connectivity index (χ2v) is 6.14. The maximum Gasteiger partial charge on any atom is 0.257 e. The summed E-state index contributed by atoms with van der Waals surface area (Å²) in [5.74, 6) is 1.26. The van der Waals surface area contributed by atoms with Gasteiger partial charge in [0, 0.05) is 19.3 Å². The molecule has 10 heteroatoms. The number of aliphatic hydroxyl groups excluding tert-OH is 1. The summed E-state index contributed by atoms with van der Waals surface area (Å²) in [6.45, 7) is 0. The van der Waals surface area contributed by atoms with Crippen LogP contribution in [-0.2, 0) is 0 Å². The smallest absolute Gasteiger partial charge is 0.257 e. The van der Waals surface area contributed by atoms with Gasteiger partial charge in [-0.25, -0.2) is 9.97 Å². The lowest BCUT2D eigenvalue weighted by Crippen LogP contribution is -2.27. The molecular weight excluding hydrogens is 350 g/mol. The number of anilines is 3. The zero-order valence-electron chi connectivity index (χ0n) is 14.8. The van der Waals surface area contributed by atoms with Crippen LogP contribution in [0.2, 0.25) is 0 Å². The van der Waals surface area contributed by atoms with E-state index in [-0.39, 0.29) is 11.9 Å². The van der Waals surface area contributed by atoms with Gasteiger partial charge in [-0.2, -0.15) is 9.61 Å². The van der Waals surface area contributed by atoms with Crippen LogP contribution in [0.1, 0.15) is 16.8 Å². The number of aromatic nitrogens is 4. The van der Waals surface area contributed by atoms with Gasteiger partial charge >= 0.3 is 0 Å². The van der Waals surface area contributed by atoms with Crippen LogP contribution in [0.3, 0.4) is 0 Å². The van der Waals surface area contributed by atoms with Crippen LogP contribution in [0.5, 0.6) is 5.88 Å². The molecule has 27 heavy (non-hydrogen) atoms. The van der Waals surface area contributed by atoms with Crippen LogP contribution < -0.4 is 20.7 Å². The van der Waals surface area contributed by atoms with Crippen molar-refractivity contribution in [3.63, 3.8) is 0 Å². The highest BCUT2D eigenvalue weighted by molar-refractivity contribution is 6.00. The zero-order chi connectivity index (χ0) is 19.0. The number of nitrogens with one attached hydrogen (secondary N) is 3. The van der Waals surface area contributed by atoms with Crippen LogP contribution >= 0.6 is 0 Å². The van der Waals surface area contributed by atoms with Gasteiger partial charge in [-0.05, 0) is 18.6 Å². The lowest BCUT2D eigenvalue weighted by Gasteiger charge is -2.12. The third-order valence-corrected chi connectivity index (χ3v) is 4.27. The number of hydrogen-bond acceptors (Lipinski definition) is 8. The summed E-state index contributed by atoms with van der Waals surface area (Å²) in [5, 5.41) is 22.6. The number of amides is 1. The van der Waals surface area contributed by atoms with Gasteiger partial charge in [-0.3, -0.25) is 4.79 Å². The fourth-order valence-corrected chi connectivity index (χ4v) is 2.73. The van der Waals surface area contributed by atoms with Crippen molar-refractivity contribution in [3.05, 3.63) is 36.2 Å². The van der Waals surface area contributed by atoms with E-state index in [4.69, 9.17) is 4.74 Å². The molecule has 3 aromatic rings. The van der Waals surface area contributed by atoms with Gasteiger partial charge in [0.2, 0.25) is 5.88 Å². The summed E-state index contributed by atoms with van der Waals surface area (Å²) in [6.07, 6.45) is 3.17. The Balaban J connectivity index is 1.71. The first-order valence-electron chi connectivity index (χ1n) is 8.42. The summed E-state index contributed by atoms with van der Waals surface area (Å²) < 4.78 is 6.79. The Kier molecular flexibility index (Phi) is 4.24. The molecule has 0 aromatic carbocycles. The van der Waals surface area contributed by atoms with E-state index < -0.39 is 6.10 Å². The first kappa shape index (κ1) is 17.0. The minimum atomic E-state index is -0.480. The molecule has 2 atom stereocenters. The number of hydrogen-bond donors (Lipinski definition) is 4. The van der Waals surface area contributed by atoms with E-state index in [1.54, 1.807) is 29.9 Å². The minimum absolute atomic E-state index is 0.211. The third-order valence-electron chi connectivity index (χ3n) is 4.27. The lowest BCUT2D eigenvalue weighted by molar-refractivity contribution is 0.0944. The molecular formula is C17H19N7O3. The third kappa shape index (κ3) is 3.22. The normalized spacial score (nSPS) is 18.2. The average Bonchev–Trinajstić information content (AvgIpc) is 3.19. The molecule has 0 bridgehead atoms. The van der Waals surface area contributed by atoms with Gasteiger partial charge in [0.15, 0.2) is 5.65 Å². The molecule has 0 spiro atoms. The largest absolute Gasteiger partial charge is 0.480 e. The standard InChI is InChI=1S/C17H19N7O3/c1-18-14-7-13(21-10-4-3-5-19-17(10)27-2)23-15-9(8-20-24(14)15)16(26)22-11-6-12(11)25/h3-5,7-8,11-12,18,25H,6H2,1-2H3,(H,21,23)(H,22,26)/t11?,12-/m0/s1. The van der Waals surface area contributed by atoms with E-state index >= 15 is 0 Å². The molecule has 1 unspecified atom stereocenters. The molecule has 1 amide bonds. The highest BCUT2D eigenvalue weighted by Crippen LogP contribution is 2.27. The average molecular weight is 369 g/mol. The number of aliphatic hydroxyl groups is 1. The molecule has 140 valence electrons. The highest BCUT2D eigenvalue weighted by atomic mass is 16.5. The Morgan fingerprint density at radius 2 is 2.26 bits per heavy atom. The molecule has 0 aliphatic heterocycles. The molecule has 1 aliphatic carbocycles. The number of carbonyl (C=O) groups excluding carboxylic acids is 1. The molecule has 1 saturated carbocycles. The predicted octanol–water partition coefficient (Wildman–Crippen LogP) is 0.781. The van der Waals surface area contributed by atoms with E-state index in [1.165, 1.54) is 13.3 Å². The van der Waals surface area contributed by atoms with Crippen LogP contribution in [0.4, 0.5) is 17.3 Å². The predicted molar refractivity (Wildman–Crippen MR) is 98.5 cm³/mol. The molecule has 10 nitrogen and oxygen atoms in total. The Hall–Kier alpha value is -3.40. The van der Waals surface area contributed by atoms with E-state index in [0.717, 1.165) is 0 Å². The van der Waals surface area contributed by atoms with Crippen molar-refractivity contribution in [2.45, 2.75) is 18.6 Å². The number of methoxy groups -OCH3 is 1. The van der Waals surface area contributed by atoms with E-state index in [9.17, 15) is 9.90 Å². The SMILES string of the molecule is CNc1cc(Nc2cccnc2OC)nc2c(C(=O)NC3C[C@@H]3O)cnn12. The van der Waals surface area contributed by atoms with Crippen molar-refractivity contribution in [1.29, 1.82) is 0 Å². The summed E-state index contributed by atoms with van der Waals surface area (Å²) in [4.78, 5) is 21.2. The molecule has 4 rings (SSSR count). The van der Waals surface area contributed by atoms with Crippen molar-refractivity contribution < 1.29 is 14.6 Å². The summed E-state index contributed by atoms with van der Waals surface area (Å²) in [5.41, 5.74) is 1.36. The Labute approximate surface area is 154 Å². The Bertz CT molecular complexity index is 1000. The van der Waals surface area contributed by atoms with Gasteiger partial charge in [0.1, 0.15) is 22.9 Å². The van der Waals surface area contributed by atoms with Gasteiger partial charge < -0.3 is 25.8 Å². The van der Waals surface area contributed by atoms with Gasteiger partial charge in [-0.1, -0.05) is 0 Å². The number of fused-ring (bicyclic) bond motifs is 1. The Morgan fingerprint density at radius 1 is 1.44 bits per heavy atom. The summed E-state index contributed by atoms with van der Waals surface area (Å²) in [7, 11) is 3.29. The number of pyridine rings is 1. The molecule has 0 saturated heterocycles. The zero-order valence-corrected chi connectivity index (χ0v) is 14.8. The minimum Gasteiger partial charge on any atom is -0.480 e. The molecule has 1 fully saturated rings. The monoisotopic (exact) mass is 369 g/mol. The first-order chi connectivity index (χ1) is 13.1. The first-order valence-corrected chi connectivity index (χ1v) is 8.42. The fraction of sp³-hybridized carbons (Fsp3) is 0.294. The number of carbonyl (C=O) groups is 1. The molecule has 4 N–H and O–H groups in total. The topological polar surface area (TPSA) is 126 Å². The molecule has 0 radical (unpaired) electrons. The van der Waals surface area contributed by atoms with Crippen LogP contribution in [-0.4, -0.2) is 56.9 Å². The second kappa shape index (κ2) is 6.72. The maximum absolute atomic E-state index is 12.5. The molecule has 3 heterocycles. The fourth-order valence-electron chi connectivity index (χ4n) is 2.73. The van der Waals surface area contributed by atoms with Crippen molar-refractivity contribution >= 4 is 28.9 Å². The van der Waals surface area contributed by atoms with Gasteiger partial charge in [0.05, 0.1) is 25.5 Å². The van der Waals surface area contributed by atoms with E-state index in [2.05, 4.69) is 31.0 Å². The van der Waals surface area contributed by atoms with Crippen molar-refractivity contribution in [1.82, 2.24) is 24.9 Å². The lowest BCUT2D eigenvalue weighted by atomic mass is 10.3. The van der Waals surface area contributed by atoms with E-state index in [0.29, 0.717) is 40.8 Å². The van der Waals surface area contributed by atoms with Crippen molar-refractivity contribution in [2.24, 2.45) is 0 Å². The summed E-state index contributed by atoms with van der Waals surface area (Å²) >= 11 is 0. The molecule has 3 aromatic heterocycles. The van der Waals surface area contributed by atoms with Crippen LogP contribution in [0, 0.1) is 0 Å². The van der Waals surface area contributed by atoms with Crippen LogP contribution in [0.15, 0.2) is 30.6 Å². The number of ether oxygens (including phenoxy) is 1. The molecule has 1 aliphatic rings.